The van der Waals surface area contributed by atoms with Gasteiger partial charge in [-0.3, -0.25) is 9.69 Å². The highest BCUT2D eigenvalue weighted by molar-refractivity contribution is 6.31. The highest BCUT2D eigenvalue weighted by Crippen LogP contribution is 2.21. The first-order valence-corrected chi connectivity index (χ1v) is 9.41. The smallest absolute Gasteiger partial charge is 0.222 e. The molecule has 0 spiro atoms. The van der Waals surface area contributed by atoms with Crippen LogP contribution in [0.25, 0.3) is 0 Å². The van der Waals surface area contributed by atoms with Gasteiger partial charge in [0.2, 0.25) is 5.91 Å². The lowest BCUT2D eigenvalue weighted by Crippen LogP contribution is -2.44. The quantitative estimate of drug-likeness (QED) is 0.818. The molecule has 3 rings (SSSR count). The highest BCUT2D eigenvalue weighted by atomic mass is 35.5. The first-order chi connectivity index (χ1) is 11.7. The number of aryl methyl sites for hydroxylation is 1. The molecule has 0 unspecified atom stereocenters. The van der Waals surface area contributed by atoms with Gasteiger partial charge in [-0.1, -0.05) is 29.8 Å². The van der Waals surface area contributed by atoms with Crippen LogP contribution in [0.5, 0.6) is 0 Å². The lowest BCUT2D eigenvalue weighted by atomic mass is 9.95. The molecule has 0 bridgehead atoms. The Kier molecular flexibility index (Phi) is 6.52. The predicted molar refractivity (Wildman–Crippen MR) is 96.3 cm³/mol. The highest BCUT2D eigenvalue weighted by Gasteiger charge is 2.24. The van der Waals surface area contributed by atoms with E-state index in [1.807, 2.05) is 29.2 Å². The molecule has 2 fully saturated rings. The van der Waals surface area contributed by atoms with E-state index in [9.17, 15) is 4.79 Å². The van der Waals surface area contributed by atoms with Crippen molar-refractivity contribution in [1.29, 1.82) is 0 Å². The van der Waals surface area contributed by atoms with Crippen LogP contribution in [-0.2, 0) is 16.0 Å². The first-order valence-electron chi connectivity index (χ1n) is 9.03. The van der Waals surface area contributed by atoms with Crippen LogP contribution >= 0.6 is 11.6 Å². The van der Waals surface area contributed by atoms with Crippen molar-refractivity contribution in [3.05, 3.63) is 34.9 Å². The van der Waals surface area contributed by atoms with E-state index in [1.165, 1.54) is 0 Å². The number of nitrogens with zero attached hydrogens (tertiary/aromatic N) is 2. The first kappa shape index (κ1) is 17.7. The Labute approximate surface area is 149 Å². The van der Waals surface area contributed by atoms with E-state index in [2.05, 4.69) is 4.90 Å². The van der Waals surface area contributed by atoms with Crippen LogP contribution in [0, 0.1) is 5.92 Å². The number of halogens is 1. The van der Waals surface area contributed by atoms with Crippen molar-refractivity contribution in [1.82, 2.24) is 9.80 Å². The number of rotatable bonds is 5. The molecule has 0 radical (unpaired) electrons. The van der Waals surface area contributed by atoms with Gasteiger partial charge in [0, 0.05) is 44.2 Å². The summed E-state index contributed by atoms with van der Waals surface area (Å²) in [5.41, 5.74) is 1.06. The molecule has 2 saturated heterocycles. The van der Waals surface area contributed by atoms with Gasteiger partial charge in [0.15, 0.2) is 0 Å². The third-order valence-corrected chi connectivity index (χ3v) is 5.52. The zero-order valence-corrected chi connectivity index (χ0v) is 15.0. The van der Waals surface area contributed by atoms with Gasteiger partial charge in [-0.05, 0) is 36.8 Å². The second-order valence-electron chi connectivity index (χ2n) is 6.83. The summed E-state index contributed by atoms with van der Waals surface area (Å²) in [6.07, 6.45) is 3.52. The molecule has 5 heteroatoms. The molecule has 1 aromatic rings. The average molecular weight is 351 g/mol. The van der Waals surface area contributed by atoms with E-state index in [1.54, 1.807) is 0 Å². The van der Waals surface area contributed by atoms with E-state index >= 15 is 0 Å². The van der Waals surface area contributed by atoms with Crippen molar-refractivity contribution >= 4 is 17.5 Å². The summed E-state index contributed by atoms with van der Waals surface area (Å²) in [5.74, 6) is 0.982. The van der Waals surface area contributed by atoms with Gasteiger partial charge in [-0.25, -0.2) is 0 Å². The Morgan fingerprint density at radius 2 is 1.83 bits per heavy atom. The molecular formula is C19H27ClN2O2. The van der Waals surface area contributed by atoms with Crippen LogP contribution in [0.2, 0.25) is 5.02 Å². The Balaban J connectivity index is 1.39. The Hall–Kier alpha value is -1.10. The molecule has 4 nitrogen and oxygen atoms in total. The van der Waals surface area contributed by atoms with E-state index in [-0.39, 0.29) is 5.91 Å². The third-order valence-electron chi connectivity index (χ3n) is 5.15. The SMILES string of the molecule is O=C(CCc1ccccc1Cl)N1CCC(CN2CCOCC2)CC1. The minimum absolute atomic E-state index is 0.264. The lowest BCUT2D eigenvalue weighted by Gasteiger charge is -2.36. The van der Waals surface area contributed by atoms with Crippen LogP contribution in [0.3, 0.4) is 0 Å². The molecular weight excluding hydrogens is 324 g/mol. The number of morpholine rings is 1. The number of ether oxygens (including phenoxy) is 1. The fourth-order valence-electron chi connectivity index (χ4n) is 3.61. The van der Waals surface area contributed by atoms with Gasteiger partial charge in [0.05, 0.1) is 13.2 Å². The van der Waals surface area contributed by atoms with Gasteiger partial charge in [0.25, 0.3) is 0 Å². The summed E-state index contributed by atoms with van der Waals surface area (Å²) in [5, 5.41) is 0.759. The van der Waals surface area contributed by atoms with Gasteiger partial charge >= 0.3 is 0 Å². The Bertz CT molecular complexity index is 538. The number of benzene rings is 1. The van der Waals surface area contributed by atoms with E-state index in [0.717, 1.165) is 81.7 Å². The number of likely N-dealkylation sites (tertiary alicyclic amines) is 1. The number of hydrogen-bond donors (Lipinski definition) is 0. The van der Waals surface area contributed by atoms with E-state index in [0.29, 0.717) is 6.42 Å². The van der Waals surface area contributed by atoms with Crippen LogP contribution in [-0.4, -0.2) is 61.6 Å². The van der Waals surface area contributed by atoms with Crippen molar-refractivity contribution in [3.8, 4) is 0 Å². The molecule has 2 aliphatic heterocycles. The molecule has 24 heavy (non-hydrogen) atoms. The maximum absolute atomic E-state index is 12.4. The van der Waals surface area contributed by atoms with Crippen LogP contribution in [0.1, 0.15) is 24.8 Å². The molecule has 0 atom stereocenters. The minimum atomic E-state index is 0.264. The third kappa shape index (κ3) is 4.95. The second kappa shape index (κ2) is 8.84. The number of piperidine rings is 1. The summed E-state index contributed by atoms with van der Waals surface area (Å²) in [4.78, 5) is 17.0. The van der Waals surface area contributed by atoms with Gasteiger partial charge in [0.1, 0.15) is 0 Å². The maximum Gasteiger partial charge on any atom is 0.222 e. The van der Waals surface area contributed by atoms with Gasteiger partial charge in [-0.15, -0.1) is 0 Å². The van der Waals surface area contributed by atoms with Crippen molar-refractivity contribution in [2.45, 2.75) is 25.7 Å². The van der Waals surface area contributed by atoms with Crippen molar-refractivity contribution in [3.63, 3.8) is 0 Å². The molecule has 132 valence electrons. The Morgan fingerprint density at radius 1 is 1.12 bits per heavy atom. The topological polar surface area (TPSA) is 32.8 Å². The predicted octanol–water partition coefficient (Wildman–Crippen LogP) is 2.84. The fourth-order valence-corrected chi connectivity index (χ4v) is 3.84. The van der Waals surface area contributed by atoms with Gasteiger partial charge in [-0.2, -0.15) is 0 Å². The monoisotopic (exact) mass is 350 g/mol. The summed E-state index contributed by atoms with van der Waals surface area (Å²) in [7, 11) is 0. The van der Waals surface area contributed by atoms with Crippen molar-refractivity contribution < 1.29 is 9.53 Å². The number of carbonyl (C=O) groups excluding carboxylic acids is 1. The molecule has 0 aromatic heterocycles. The van der Waals surface area contributed by atoms with Crippen molar-refractivity contribution in [2.75, 3.05) is 45.9 Å². The summed E-state index contributed by atoms with van der Waals surface area (Å²) >= 11 is 6.17. The number of amides is 1. The normalized spacial score (nSPS) is 20.3. The minimum Gasteiger partial charge on any atom is -0.379 e. The number of carbonyl (C=O) groups is 1. The van der Waals surface area contributed by atoms with Gasteiger partial charge < -0.3 is 9.64 Å². The average Bonchev–Trinajstić information content (AvgIpc) is 2.62. The van der Waals surface area contributed by atoms with Crippen molar-refractivity contribution in [2.24, 2.45) is 5.92 Å². The molecule has 0 saturated carbocycles. The van der Waals surface area contributed by atoms with Crippen LogP contribution < -0.4 is 0 Å². The second-order valence-corrected chi connectivity index (χ2v) is 7.24. The molecule has 2 aliphatic rings. The largest absolute Gasteiger partial charge is 0.379 e. The maximum atomic E-state index is 12.4. The van der Waals surface area contributed by atoms with E-state index in [4.69, 9.17) is 16.3 Å². The number of hydrogen-bond acceptors (Lipinski definition) is 3. The summed E-state index contributed by atoms with van der Waals surface area (Å²) in [6.45, 7) is 6.78. The zero-order chi connectivity index (χ0) is 16.8. The van der Waals surface area contributed by atoms with E-state index < -0.39 is 0 Å². The Morgan fingerprint density at radius 3 is 2.54 bits per heavy atom. The van der Waals surface area contributed by atoms with Crippen LogP contribution in [0.4, 0.5) is 0 Å². The molecule has 0 N–H and O–H groups in total. The molecule has 1 amide bonds. The lowest BCUT2D eigenvalue weighted by molar-refractivity contribution is -0.132. The fraction of sp³-hybridized carbons (Fsp3) is 0.632. The summed E-state index contributed by atoms with van der Waals surface area (Å²) in [6, 6.07) is 7.79. The molecule has 2 heterocycles. The summed E-state index contributed by atoms with van der Waals surface area (Å²) < 4.78 is 5.41. The molecule has 0 aliphatic carbocycles. The molecule has 1 aromatic carbocycles. The standard InChI is InChI=1S/C19H27ClN2O2/c20-18-4-2-1-3-17(18)5-6-19(23)22-9-7-16(8-10-22)15-21-11-13-24-14-12-21/h1-4,16H,5-15H2. The van der Waals surface area contributed by atoms with Crippen LogP contribution in [0.15, 0.2) is 24.3 Å². The zero-order valence-electron chi connectivity index (χ0n) is 14.3.